The van der Waals surface area contributed by atoms with Gasteiger partial charge in [-0.05, 0) is 12.1 Å². The lowest BCUT2D eigenvalue weighted by Gasteiger charge is -2.04. The number of carboxylic acid groups (broad SMARTS) is 1. The number of hydrogen-bond donors (Lipinski definition) is 5. The summed E-state index contributed by atoms with van der Waals surface area (Å²) in [5.41, 5.74) is 12.3. The molecule has 30 heavy (non-hydrogen) atoms. The maximum Gasteiger partial charge on any atom is 0.490 e. The van der Waals surface area contributed by atoms with Gasteiger partial charge in [0.2, 0.25) is 5.95 Å². The van der Waals surface area contributed by atoms with Crippen molar-refractivity contribution in [3.05, 3.63) is 36.0 Å². The minimum absolute atomic E-state index is 0.0911. The second kappa shape index (κ2) is 9.04. The summed E-state index contributed by atoms with van der Waals surface area (Å²) in [5, 5.41) is 23.6. The molecule has 14 heteroatoms. The van der Waals surface area contributed by atoms with E-state index in [1.165, 1.54) is 16.8 Å². The fraction of sp³-hybridized carbons (Fsp3) is 0.188. The number of nitrogens with two attached hydrogens (primary N) is 2. The van der Waals surface area contributed by atoms with Gasteiger partial charge in [0.15, 0.2) is 11.5 Å². The van der Waals surface area contributed by atoms with Crippen LogP contribution in [0.1, 0.15) is 10.4 Å². The number of rotatable bonds is 4. The van der Waals surface area contributed by atoms with Crippen molar-refractivity contribution in [2.75, 3.05) is 18.8 Å². The Bertz CT molecular complexity index is 1070. The number of anilines is 1. The summed E-state index contributed by atoms with van der Waals surface area (Å²) in [6, 6.07) is 6.48. The lowest BCUT2D eigenvalue weighted by molar-refractivity contribution is -0.192. The molecule has 1 amide bonds. The molecule has 0 aliphatic carbocycles. The molecule has 3 rings (SSSR count). The van der Waals surface area contributed by atoms with Gasteiger partial charge < -0.3 is 27.0 Å². The number of aromatic nitrogens is 4. The molecule has 0 bridgehead atoms. The molecule has 0 spiro atoms. The van der Waals surface area contributed by atoms with Crippen LogP contribution in [0.4, 0.5) is 19.1 Å². The Morgan fingerprint density at radius 2 is 1.93 bits per heavy atom. The summed E-state index contributed by atoms with van der Waals surface area (Å²) in [5.74, 6) is -2.59. The number of halogens is 3. The number of carbonyl (C=O) groups excluding carboxylic acids is 1. The Kier molecular flexibility index (Phi) is 6.73. The van der Waals surface area contributed by atoms with Crippen LogP contribution in [0.25, 0.3) is 17.0 Å². The van der Waals surface area contributed by atoms with Crippen LogP contribution in [-0.4, -0.2) is 60.9 Å². The van der Waals surface area contributed by atoms with Crippen molar-refractivity contribution in [1.29, 1.82) is 0 Å². The number of phenols is 1. The summed E-state index contributed by atoms with van der Waals surface area (Å²) < 4.78 is 33.0. The highest BCUT2D eigenvalue weighted by Gasteiger charge is 2.38. The molecule has 1 aromatic carbocycles. The Morgan fingerprint density at radius 1 is 1.27 bits per heavy atom. The molecule has 0 fully saturated rings. The lowest BCUT2D eigenvalue weighted by atomic mass is 10.2. The normalized spacial score (nSPS) is 10.9. The smallest absolute Gasteiger partial charge is 0.490 e. The number of benzene rings is 1. The van der Waals surface area contributed by atoms with E-state index in [0.717, 1.165) is 0 Å². The van der Waals surface area contributed by atoms with Gasteiger partial charge in [-0.2, -0.15) is 17.7 Å². The Hall–Kier alpha value is -3.94. The highest BCUT2D eigenvalue weighted by atomic mass is 19.4. The van der Waals surface area contributed by atoms with E-state index in [2.05, 4.69) is 20.4 Å². The summed E-state index contributed by atoms with van der Waals surface area (Å²) in [6.45, 7) is 0.661. The van der Waals surface area contributed by atoms with E-state index < -0.39 is 12.1 Å². The zero-order chi connectivity index (χ0) is 22.5. The Morgan fingerprint density at radius 3 is 2.50 bits per heavy atom. The van der Waals surface area contributed by atoms with Crippen LogP contribution >= 0.6 is 0 Å². The molecule has 3 aromatic rings. The number of nitrogens with one attached hydrogen (secondary N) is 1. The van der Waals surface area contributed by atoms with Gasteiger partial charge in [0.25, 0.3) is 5.91 Å². The van der Waals surface area contributed by atoms with Crippen molar-refractivity contribution < 1.29 is 33.0 Å². The zero-order valence-electron chi connectivity index (χ0n) is 15.1. The number of carbonyl (C=O) groups is 2. The zero-order valence-corrected chi connectivity index (χ0v) is 15.1. The fourth-order valence-electron chi connectivity index (χ4n) is 2.10. The van der Waals surface area contributed by atoms with Crippen molar-refractivity contribution in [1.82, 2.24) is 24.9 Å². The third-order valence-corrected chi connectivity index (χ3v) is 3.41. The summed E-state index contributed by atoms with van der Waals surface area (Å²) in [7, 11) is 0. The van der Waals surface area contributed by atoms with Crippen molar-refractivity contribution in [3.63, 3.8) is 0 Å². The predicted molar refractivity (Wildman–Crippen MR) is 97.4 cm³/mol. The number of amides is 1. The van der Waals surface area contributed by atoms with Gasteiger partial charge in [-0.15, -0.1) is 5.10 Å². The maximum absolute atomic E-state index is 12.2. The first-order valence-corrected chi connectivity index (χ1v) is 8.13. The molecule has 2 heterocycles. The standard InChI is InChI=1S/C14H15N7O2.C2HF3O2/c15-4-5-17-13(23)10-7-18-14(16)21-12(10)19-11(20-21)8-2-1-3-9(22)6-8;3-2(4,5)1(6)7/h1-3,6-7,22H,4-5,15H2,(H2,16,18)(H,17,23);(H,6,7). The van der Waals surface area contributed by atoms with Gasteiger partial charge in [-0.25, -0.2) is 14.8 Å². The van der Waals surface area contributed by atoms with Crippen LogP contribution in [-0.2, 0) is 4.79 Å². The minimum atomic E-state index is -5.08. The molecule has 160 valence electrons. The first-order valence-electron chi connectivity index (χ1n) is 8.13. The quantitative estimate of drug-likeness (QED) is 0.393. The molecule has 11 nitrogen and oxygen atoms in total. The maximum atomic E-state index is 12.2. The number of nitrogen functional groups attached to an aromatic ring is 1. The molecule has 0 saturated carbocycles. The number of nitrogens with zero attached hydrogens (tertiary/aromatic N) is 4. The minimum Gasteiger partial charge on any atom is -0.508 e. The number of fused-ring (bicyclic) bond motifs is 1. The van der Waals surface area contributed by atoms with Gasteiger partial charge in [0.1, 0.15) is 11.3 Å². The average molecular weight is 427 g/mol. The summed E-state index contributed by atoms with van der Waals surface area (Å²) in [6.07, 6.45) is -3.74. The van der Waals surface area contributed by atoms with E-state index in [1.807, 2.05) is 0 Å². The molecule has 0 aliphatic rings. The van der Waals surface area contributed by atoms with Gasteiger partial charge in [0, 0.05) is 24.8 Å². The van der Waals surface area contributed by atoms with Gasteiger partial charge in [-0.1, -0.05) is 12.1 Å². The number of carboxylic acids is 1. The van der Waals surface area contributed by atoms with E-state index in [4.69, 9.17) is 21.4 Å². The van der Waals surface area contributed by atoms with E-state index in [0.29, 0.717) is 24.5 Å². The number of hydrogen-bond acceptors (Lipinski definition) is 8. The van der Waals surface area contributed by atoms with E-state index in [9.17, 15) is 23.1 Å². The van der Waals surface area contributed by atoms with Crippen LogP contribution in [0, 0.1) is 0 Å². The number of aliphatic carboxylic acids is 1. The number of alkyl halides is 3. The van der Waals surface area contributed by atoms with E-state index >= 15 is 0 Å². The second-order valence-electron chi connectivity index (χ2n) is 5.60. The van der Waals surface area contributed by atoms with Crippen molar-refractivity contribution >= 4 is 23.5 Å². The third kappa shape index (κ3) is 5.32. The summed E-state index contributed by atoms with van der Waals surface area (Å²) >= 11 is 0. The molecule has 0 aliphatic heterocycles. The average Bonchev–Trinajstić information content (AvgIpc) is 3.12. The molecule has 0 atom stereocenters. The van der Waals surface area contributed by atoms with E-state index in [-0.39, 0.29) is 28.8 Å². The van der Waals surface area contributed by atoms with Crippen LogP contribution < -0.4 is 16.8 Å². The highest BCUT2D eigenvalue weighted by Crippen LogP contribution is 2.22. The monoisotopic (exact) mass is 427 g/mol. The van der Waals surface area contributed by atoms with E-state index in [1.54, 1.807) is 18.2 Å². The molecule has 0 radical (unpaired) electrons. The Labute approximate surface area is 166 Å². The van der Waals surface area contributed by atoms with Crippen molar-refractivity contribution in [2.45, 2.75) is 6.18 Å². The molecule has 7 N–H and O–H groups in total. The van der Waals surface area contributed by atoms with Crippen LogP contribution in [0.5, 0.6) is 5.75 Å². The molecular formula is C16H16F3N7O4. The lowest BCUT2D eigenvalue weighted by Crippen LogP contribution is -2.29. The number of aromatic hydroxyl groups is 1. The topological polar surface area (TPSA) is 182 Å². The molecule has 2 aromatic heterocycles. The van der Waals surface area contributed by atoms with Gasteiger partial charge >= 0.3 is 12.1 Å². The first kappa shape index (κ1) is 22.4. The number of phenolic OH excluding ortho intramolecular Hbond substituents is 1. The first-order chi connectivity index (χ1) is 14.0. The molecular weight excluding hydrogens is 411 g/mol. The Balaban J connectivity index is 0.000000396. The third-order valence-electron chi connectivity index (χ3n) is 3.41. The van der Waals surface area contributed by atoms with Crippen molar-refractivity contribution in [3.8, 4) is 17.1 Å². The van der Waals surface area contributed by atoms with Crippen LogP contribution in [0.2, 0.25) is 0 Å². The highest BCUT2D eigenvalue weighted by molar-refractivity contribution is 5.99. The largest absolute Gasteiger partial charge is 0.508 e. The fourth-order valence-corrected chi connectivity index (χ4v) is 2.10. The van der Waals surface area contributed by atoms with Crippen molar-refractivity contribution in [2.24, 2.45) is 5.73 Å². The molecule has 0 unspecified atom stereocenters. The predicted octanol–water partition coefficient (Wildman–Crippen LogP) is 0.401. The van der Waals surface area contributed by atoms with Crippen LogP contribution in [0.3, 0.4) is 0 Å². The van der Waals surface area contributed by atoms with Crippen LogP contribution in [0.15, 0.2) is 30.5 Å². The second-order valence-corrected chi connectivity index (χ2v) is 5.60. The van der Waals surface area contributed by atoms with Gasteiger partial charge in [-0.3, -0.25) is 4.79 Å². The molecule has 0 saturated heterocycles. The van der Waals surface area contributed by atoms with Gasteiger partial charge in [0.05, 0.1) is 0 Å². The SMILES string of the molecule is NCCNC(=O)c1cnc(N)n2nc(-c3cccc(O)c3)nc12.O=C(O)C(F)(F)F. The summed E-state index contributed by atoms with van der Waals surface area (Å²) in [4.78, 5) is 29.4.